The van der Waals surface area contributed by atoms with Crippen LogP contribution in [0, 0.1) is 0 Å². The molecule has 1 fully saturated rings. The van der Waals surface area contributed by atoms with Crippen LogP contribution in [0.2, 0.25) is 5.02 Å². The lowest BCUT2D eigenvalue weighted by Gasteiger charge is -2.26. The molecular weight excluding hydrogens is 432 g/mol. The molecule has 1 saturated heterocycles. The van der Waals surface area contributed by atoms with Crippen LogP contribution in [0.5, 0.6) is 11.5 Å². The van der Waals surface area contributed by atoms with Gasteiger partial charge in [0.2, 0.25) is 0 Å². The van der Waals surface area contributed by atoms with Crippen molar-refractivity contribution in [3.05, 3.63) is 88.7 Å². The minimum Gasteiger partial charge on any atom is -0.507 e. The minimum atomic E-state index is -0.972. The highest BCUT2D eigenvalue weighted by atomic mass is 35.5. The van der Waals surface area contributed by atoms with Gasteiger partial charge in [-0.1, -0.05) is 11.6 Å². The summed E-state index contributed by atoms with van der Waals surface area (Å²) < 4.78 is 10.9. The Morgan fingerprint density at radius 2 is 1.81 bits per heavy atom. The van der Waals surface area contributed by atoms with E-state index in [2.05, 4.69) is 4.98 Å². The van der Waals surface area contributed by atoms with Gasteiger partial charge in [0.15, 0.2) is 0 Å². The SMILES string of the molecule is COc1ccc(OC)c([C@H]2C(=C(O)c3ccc(Cl)cc3)C(=O)C(=O)N2c2cccnc2)c1. The summed E-state index contributed by atoms with van der Waals surface area (Å²) >= 11 is 5.96. The Balaban J connectivity index is 2.01. The first kappa shape index (κ1) is 21.4. The van der Waals surface area contributed by atoms with E-state index in [4.69, 9.17) is 21.1 Å². The second-order valence-corrected chi connectivity index (χ2v) is 7.43. The van der Waals surface area contributed by atoms with Crippen LogP contribution in [-0.4, -0.2) is 36.0 Å². The Morgan fingerprint density at radius 1 is 1.06 bits per heavy atom. The number of nitrogens with zero attached hydrogens (tertiary/aromatic N) is 2. The van der Waals surface area contributed by atoms with Gasteiger partial charge in [-0.2, -0.15) is 0 Å². The lowest BCUT2D eigenvalue weighted by molar-refractivity contribution is -0.132. The topological polar surface area (TPSA) is 89.0 Å². The maximum absolute atomic E-state index is 13.2. The highest BCUT2D eigenvalue weighted by Crippen LogP contribution is 2.45. The lowest BCUT2D eigenvalue weighted by atomic mass is 9.94. The number of Topliss-reactive ketones (excluding diaryl/α,β-unsaturated/α-hetero) is 1. The Labute approximate surface area is 189 Å². The molecule has 2 aromatic carbocycles. The van der Waals surface area contributed by atoms with Gasteiger partial charge < -0.3 is 14.6 Å². The summed E-state index contributed by atoms with van der Waals surface area (Å²) in [7, 11) is 3.00. The number of ketones is 1. The van der Waals surface area contributed by atoms with Crippen molar-refractivity contribution < 1.29 is 24.2 Å². The number of aliphatic hydroxyl groups excluding tert-OH is 1. The third-order valence-electron chi connectivity index (χ3n) is 5.22. The first-order valence-electron chi connectivity index (χ1n) is 9.65. The van der Waals surface area contributed by atoms with Gasteiger partial charge in [-0.3, -0.25) is 19.5 Å². The van der Waals surface area contributed by atoms with E-state index in [1.807, 2.05) is 0 Å². The van der Waals surface area contributed by atoms with Gasteiger partial charge in [-0.25, -0.2) is 0 Å². The van der Waals surface area contributed by atoms with Crippen LogP contribution in [0.25, 0.3) is 5.76 Å². The zero-order chi connectivity index (χ0) is 22.8. The zero-order valence-corrected chi connectivity index (χ0v) is 18.0. The van der Waals surface area contributed by atoms with Crippen LogP contribution < -0.4 is 14.4 Å². The molecule has 0 aliphatic carbocycles. The molecule has 0 saturated carbocycles. The van der Waals surface area contributed by atoms with Crippen molar-refractivity contribution in [2.75, 3.05) is 19.1 Å². The average molecular weight is 451 g/mol. The maximum atomic E-state index is 13.2. The number of ether oxygens (including phenoxy) is 2. The maximum Gasteiger partial charge on any atom is 0.300 e. The number of carbonyl (C=O) groups excluding carboxylic acids is 2. The number of aliphatic hydroxyl groups is 1. The number of anilines is 1. The van der Waals surface area contributed by atoms with Crippen molar-refractivity contribution in [1.82, 2.24) is 4.98 Å². The van der Waals surface area contributed by atoms with Crippen molar-refractivity contribution in [3.8, 4) is 11.5 Å². The highest BCUT2D eigenvalue weighted by molar-refractivity contribution is 6.51. The fourth-order valence-corrected chi connectivity index (χ4v) is 3.83. The van der Waals surface area contributed by atoms with E-state index < -0.39 is 17.7 Å². The molecular formula is C24H19ClN2O5. The third-order valence-corrected chi connectivity index (χ3v) is 5.47. The van der Waals surface area contributed by atoms with Crippen molar-refractivity contribution in [1.29, 1.82) is 0 Å². The van der Waals surface area contributed by atoms with Crippen molar-refractivity contribution in [2.45, 2.75) is 6.04 Å². The number of rotatable bonds is 5. The molecule has 1 atom stereocenters. The molecule has 1 amide bonds. The van der Waals surface area contributed by atoms with Crippen LogP contribution in [-0.2, 0) is 9.59 Å². The van der Waals surface area contributed by atoms with Crippen LogP contribution in [0.1, 0.15) is 17.2 Å². The van der Waals surface area contributed by atoms with E-state index in [9.17, 15) is 14.7 Å². The molecule has 32 heavy (non-hydrogen) atoms. The molecule has 0 radical (unpaired) electrons. The van der Waals surface area contributed by atoms with Gasteiger partial charge in [0, 0.05) is 22.3 Å². The number of halogens is 1. The molecule has 0 bridgehead atoms. The number of benzene rings is 2. The molecule has 8 heteroatoms. The zero-order valence-electron chi connectivity index (χ0n) is 17.3. The normalized spacial score (nSPS) is 17.5. The van der Waals surface area contributed by atoms with Crippen LogP contribution in [0.4, 0.5) is 5.69 Å². The van der Waals surface area contributed by atoms with Gasteiger partial charge in [0.1, 0.15) is 17.3 Å². The van der Waals surface area contributed by atoms with Gasteiger partial charge in [0.25, 0.3) is 11.7 Å². The van der Waals surface area contributed by atoms with Crippen LogP contribution >= 0.6 is 11.6 Å². The Bertz CT molecular complexity index is 1210. The first-order valence-corrected chi connectivity index (χ1v) is 10.0. The predicted molar refractivity (Wildman–Crippen MR) is 120 cm³/mol. The second-order valence-electron chi connectivity index (χ2n) is 7.00. The van der Waals surface area contributed by atoms with E-state index in [0.29, 0.717) is 33.3 Å². The quantitative estimate of drug-likeness (QED) is 0.352. The number of amides is 1. The number of hydrogen-bond donors (Lipinski definition) is 1. The number of pyridine rings is 1. The highest BCUT2D eigenvalue weighted by Gasteiger charge is 2.48. The summed E-state index contributed by atoms with van der Waals surface area (Å²) in [6.45, 7) is 0. The first-order chi connectivity index (χ1) is 15.5. The summed E-state index contributed by atoms with van der Waals surface area (Å²) in [5.74, 6) is -1.00. The minimum absolute atomic E-state index is 0.0762. The monoisotopic (exact) mass is 450 g/mol. The summed E-state index contributed by atoms with van der Waals surface area (Å²) in [6.07, 6.45) is 3.04. The number of hydrogen-bond acceptors (Lipinski definition) is 6. The molecule has 3 aromatic rings. The number of carbonyl (C=O) groups is 2. The Kier molecular flexibility index (Phi) is 5.83. The molecule has 7 nitrogen and oxygen atoms in total. The fraction of sp³-hybridized carbons (Fsp3) is 0.125. The summed E-state index contributed by atoms with van der Waals surface area (Å²) in [5, 5.41) is 11.6. The average Bonchev–Trinajstić information content (AvgIpc) is 3.09. The smallest absolute Gasteiger partial charge is 0.300 e. The largest absolute Gasteiger partial charge is 0.507 e. The molecule has 1 aliphatic heterocycles. The number of aromatic nitrogens is 1. The third kappa shape index (κ3) is 3.67. The van der Waals surface area contributed by atoms with E-state index in [-0.39, 0.29) is 11.3 Å². The molecule has 0 spiro atoms. The molecule has 1 aromatic heterocycles. The molecule has 1 N–H and O–H groups in total. The van der Waals surface area contributed by atoms with E-state index >= 15 is 0 Å². The lowest BCUT2D eigenvalue weighted by Crippen LogP contribution is -2.29. The predicted octanol–water partition coefficient (Wildman–Crippen LogP) is 4.38. The van der Waals surface area contributed by atoms with Gasteiger partial charge in [-0.05, 0) is 54.6 Å². The van der Waals surface area contributed by atoms with E-state index in [1.54, 1.807) is 60.8 Å². The van der Waals surface area contributed by atoms with Crippen LogP contribution in [0.15, 0.2) is 72.6 Å². The molecule has 0 unspecified atom stereocenters. The van der Waals surface area contributed by atoms with Crippen molar-refractivity contribution >= 4 is 34.7 Å². The van der Waals surface area contributed by atoms with Gasteiger partial charge in [-0.15, -0.1) is 0 Å². The standard InChI is InChI=1S/C24H19ClN2O5/c1-31-17-9-10-19(32-2)18(12-17)21-20(22(28)14-5-7-15(25)8-6-14)23(29)24(30)27(21)16-4-3-11-26-13-16/h3-13,21,28H,1-2H3/t21-/m0/s1. The van der Waals surface area contributed by atoms with Gasteiger partial charge >= 0.3 is 0 Å². The number of methoxy groups -OCH3 is 2. The van der Waals surface area contributed by atoms with E-state index in [0.717, 1.165) is 0 Å². The molecule has 1 aliphatic rings. The van der Waals surface area contributed by atoms with Gasteiger partial charge in [0.05, 0.1) is 37.7 Å². The van der Waals surface area contributed by atoms with Crippen LogP contribution in [0.3, 0.4) is 0 Å². The summed E-state index contributed by atoms with van der Waals surface area (Å²) in [5.41, 5.74) is 1.16. The Morgan fingerprint density at radius 3 is 2.44 bits per heavy atom. The van der Waals surface area contributed by atoms with Crippen molar-refractivity contribution in [2.24, 2.45) is 0 Å². The summed E-state index contributed by atoms with van der Waals surface area (Å²) in [6, 6.07) is 13.8. The molecule has 2 heterocycles. The van der Waals surface area contributed by atoms with Crippen molar-refractivity contribution in [3.63, 3.8) is 0 Å². The summed E-state index contributed by atoms with van der Waals surface area (Å²) in [4.78, 5) is 31.7. The molecule has 162 valence electrons. The second kappa shape index (κ2) is 8.72. The Hall–Kier alpha value is -3.84. The van der Waals surface area contributed by atoms with E-state index in [1.165, 1.54) is 25.3 Å². The molecule has 4 rings (SSSR count). The fourth-order valence-electron chi connectivity index (χ4n) is 3.71.